The molecule has 474 valence electrons. The lowest BCUT2D eigenvalue weighted by Gasteiger charge is -2.39. The molecule has 0 aromatic carbocycles. The highest BCUT2D eigenvalue weighted by molar-refractivity contribution is 7.88. The molecule has 1 unspecified atom stereocenters. The molecule has 90 heavy (non-hydrogen) atoms. The van der Waals surface area contributed by atoms with Crippen LogP contribution in [0.5, 0.6) is 0 Å². The van der Waals surface area contributed by atoms with Crippen molar-refractivity contribution in [2.24, 2.45) is 0 Å². The van der Waals surface area contributed by atoms with Gasteiger partial charge in [0.2, 0.25) is 30.1 Å². The quantitative estimate of drug-likeness (QED) is 0.135. The van der Waals surface area contributed by atoms with E-state index in [0.29, 0.717) is 57.4 Å². The molecule has 3 atom stereocenters. The number of rotatable bonds is 9. The van der Waals surface area contributed by atoms with E-state index in [2.05, 4.69) is 120 Å². The fourth-order valence-electron chi connectivity index (χ4n) is 15.2. The summed E-state index contributed by atoms with van der Waals surface area (Å²) >= 11 is 0. The van der Waals surface area contributed by atoms with E-state index >= 15 is 0 Å². The Morgan fingerprint density at radius 2 is 0.633 bits per heavy atom. The molecule has 12 heterocycles. The van der Waals surface area contributed by atoms with Crippen molar-refractivity contribution in [3.05, 3.63) is 159 Å². The van der Waals surface area contributed by atoms with Crippen molar-refractivity contribution in [1.29, 1.82) is 0 Å². The molecule has 3 fully saturated rings. The lowest BCUT2D eigenvalue weighted by molar-refractivity contribution is 0.316. The highest BCUT2D eigenvalue weighted by Gasteiger charge is 2.38. The third-order valence-electron chi connectivity index (χ3n) is 20.0. The van der Waals surface area contributed by atoms with Crippen LogP contribution in [0, 0.1) is 0 Å². The molecule has 0 amide bonds. The van der Waals surface area contributed by atoms with Crippen molar-refractivity contribution in [2.75, 3.05) is 72.7 Å². The summed E-state index contributed by atoms with van der Waals surface area (Å²) in [5, 5.41) is 0. The number of sulfonamides is 3. The van der Waals surface area contributed by atoms with Gasteiger partial charge in [0.05, 0.1) is 70.0 Å². The Hall–Kier alpha value is -6.96. The first-order valence-corrected chi connectivity index (χ1v) is 37.4. The molecule has 0 bridgehead atoms. The van der Waals surface area contributed by atoms with Gasteiger partial charge in [-0.15, -0.1) is 0 Å². The van der Waals surface area contributed by atoms with Crippen molar-refractivity contribution in [2.45, 2.75) is 153 Å². The zero-order chi connectivity index (χ0) is 62.6. The molecule has 0 saturated carbocycles. The number of nitrogens with zero attached hydrogens (tertiary/aromatic N) is 15. The van der Waals surface area contributed by atoms with Gasteiger partial charge in [0.25, 0.3) is 0 Å². The van der Waals surface area contributed by atoms with Gasteiger partial charge in [0, 0.05) is 202 Å². The number of anilines is 3. The summed E-state index contributed by atoms with van der Waals surface area (Å²) in [6.07, 6.45) is 37.9. The molecule has 6 aliphatic heterocycles. The molecule has 9 aliphatic rings. The summed E-state index contributed by atoms with van der Waals surface area (Å²) in [5.41, 5.74) is 21.2. The van der Waals surface area contributed by atoms with E-state index in [1.807, 2.05) is 18.6 Å². The summed E-state index contributed by atoms with van der Waals surface area (Å²) in [4.78, 5) is 48.9. The maximum Gasteiger partial charge on any atom is 0.211 e. The average Bonchev–Trinajstić information content (AvgIpc) is 1.10. The van der Waals surface area contributed by atoms with Gasteiger partial charge in [-0.2, -0.15) is 0 Å². The fraction of sp³-hybridized carbons (Fsp3) is 0.500. The second kappa shape index (κ2) is 25.3. The molecular formula is C66H81N15O6S3. The minimum absolute atomic E-state index is 0.276. The number of piperidine rings is 3. The van der Waals surface area contributed by atoms with Gasteiger partial charge in [-0.05, 0) is 77.5 Å². The standard InChI is InChI=1S/3C22H27N5O2S/c3*1-15-12-20-18(13-27(15)21-6-9-23-19-5-3-4-17(19)21)22(25-14-24-20)16-7-10-26(11-8-16)30(2,28)29/h3*3-4,6,9,14-16H,5,7-8,10-13H2,1-2H3/t2*15-;/m10./s1. The summed E-state index contributed by atoms with van der Waals surface area (Å²) in [5.74, 6) is 0.828. The summed E-state index contributed by atoms with van der Waals surface area (Å²) in [6.45, 7) is 12.5. The molecule has 0 N–H and O–H groups in total. The number of pyridine rings is 3. The molecular weight excluding hydrogens is 1200 g/mol. The minimum atomic E-state index is -3.13. The van der Waals surface area contributed by atoms with Crippen molar-refractivity contribution in [1.82, 2.24) is 57.8 Å². The van der Waals surface area contributed by atoms with Crippen LogP contribution < -0.4 is 14.7 Å². The van der Waals surface area contributed by atoms with Gasteiger partial charge in [-0.25, -0.2) is 68.1 Å². The largest absolute Gasteiger partial charge is 0.363 e. The molecule has 6 aromatic rings. The van der Waals surface area contributed by atoms with Crippen molar-refractivity contribution in [3.8, 4) is 0 Å². The predicted octanol–water partition coefficient (Wildman–Crippen LogP) is 7.59. The fourth-order valence-corrected chi connectivity index (χ4v) is 17.8. The minimum Gasteiger partial charge on any atom is -0.363 e. The number of hydrogen-bond acceptors (Lipinski definition) is 18. The van der Waals surface area contributed by atoms with E-state index < -0.39 is 30.1 Å². The summed E-state index contributed by atoms with van der Waals surface area (Å²) in [7, 11) is -9.38. The second-order valence-corrected chi connectivity index (χ2v) is 31.7. The van der Waals surface area contributed by atoms with Crippen LogP contribution in [0.15, 0.2) is 74.0 Å². The Bertz CT molecular complexity index is 3740. The molecule has 24 heteroatoms. The SMILES string of the molecule is CC1Cc2ncnc(C3CCN(S(C)(=O)=O)CC3)c2CN1c1ccnc2c1C=CC2.C[C@@H]1Cc2ncnc(C3CCN(S(C)(=O)=O)CC3)c2CN1c1ccnc2c1C=CC2.C[C@H]1Cc2ncnc(C3CCN(S(C)(=O)=O)CC3)c2CN1c1ccnc2c1C=CC2. The van der Waals surface area contributed by atoms with E-state index in [4.69, 9.17) is 15.0 Å². The van der Waals surface area contributed by atoms with Crippen molar-refractivity contribution < 1.29 is 25.3 Å². The molecule has 3 aliphatic carbocycles. The zero-order valence-corrected chi connectivity index (χ0v) is 54.8. The third-order valence-corrected chi connectivity index (χ3v) is 24.0. The van der Waals surface area contributed by atoms with E-state index in [1.54, 1.807) is 31.9 Å². The molecule has 6 aromatic heterocycles. The second-order valence-electron chi connectivity index (χ2n) is 25.8. The first-order valence-electron chi connectivity index (χ1n) is 31.8. The van der Waals surface area contributed by atoms with Gasteiger partial charge < -0.3 is 14.7 Å². The van der Waals surface area contributed by atoms with Crippen LogP contribution >= 0.6 is 0 Å². The van der Waals surface area contributed by atoms with Crippen molar-refractivity contribution >= 4 is 65.4 Å². The number of allylic oxidation sites excluding steroid dienone is 3. The van der Waals surface area contributed by atoms with Crippen LogP contribution in [-0.2, 0) is 88.2 Å². The Kier molecular flexibility index (Phi) is 17.4. The Balaban J connectivity index is 0.000000124. The molecule has 3 saturated heterocycles. The topological polar surface area (TPSA) is 238 Å². The maximum atomic E-state index is 11.9. The van der Waals surface area contributed by atoms with Crippen LogP contribution in [0.3, 0.4) is 0 Å². The van der Waals surface area contributed by atoms with E-state index in [1.165, 1.54) is 69.2 Å². The first-order chi connectivity index (χ1) is 43.2. The van der Waals surface area contributed by atoms with Gasteiger partial charge in [0.1, 0.15) is 19.0 Å². The van der Waals surface area contributed by atoms with Gasteiger partial charge in [0.15, 0.2) is 0 Å². The lowest BCUT2D eigenvalue weighted by atomic mass is 9.87. The average molecular weight is 1280 g/mol. The first kappa shape index (κ1) is 61.9. The molecule has 15 rings (SSSR count). The van der Waals surface area contributed by atoms with Gasteiger partial charge in [-0.1, -0.05) is 36.5 Å². The van der Waals surface area contributed by atoms with E-state index in [-0.39, 0.29) is 17.8 Å². The van der Waals surface area contributed by atoms with Crippen LogP contribution in [-0.4, -0.2) is 159 Å². The Labute approximate surface area is 530 Å². The van der Waals surface area contributed by atoms with E-state index in [9.17, 15) is 25.3 Å². The van der Waals surface area contributed by atoms with E-state index in [0.717, 1.165) is 148 Å². The predicted molar refractivity (Wildman–Crippen MR) is 350 cm³/mol. The normalized spacial score (nSPS) is 22.2. The Morgan fingerprint density at radius 1 is 0.367 bits per heavy atom. The van der Waals surface area contributed by atoms with Crippen LogP contribution in [0.25, 0.3) is 18.2 Å². The lowest BCUT2D eigenvalue weighted by Crippen LogP contribution is -2.41. The summed E-state index contributed by atoms with van der Waals surface area (Å²) < 4.78 is 76.0. The number of hydrogen-bond donors (Lipinski definition) is 0. The molecule has 0 spiro atoms. The van der Waals surface area contributed by atoms with Crippen LogP contribution in [0.1, 0.15) is 162 Å². The Morgan fingerprint density at radius 3 is 0.889 bits per heavy atom. The molecule has 21 nitrogen and oxygen atoms in total. The van der Waals surface area contributed by atoms with Crippen LogP contribution in [0.4, 0.5) is 17.1 Å². The van der Waals surface area contributed by atoms with Gasteiger partial charge >= 0.3 is 0 Å². The van der Waals surface area contributed by atoms with Gasteiger partial charge in [-0.3, -0.25) is 15.0 Å². The molecule has 0 radical (unpaired) electrons. The van der Waals surface area contributed by atoms with Crippen molar-refractivity contribution in [3.63, 3.8) is 0 Å². The highest BCUT2D eigenvalue weighted by atomic mass is 32.2. The monoisotopic (exact) mass is 1280 g/mol. The highest BCUT2D eigenvalue weighted by Crippen LogP contribution is 2.42. The number of aromatic nitrogens is 9. The van der Waals surface area contributed by atoms with Crippen LogP contribution in [0.2, 0.25) is 0 Å². The summed E-state index contributed by atoms with van der Waals surface area (Å²) in [6, 6.07) is 7.37. The zero-order valence-electron chi connectivity index (χ0n) is 52.4. The maximum absolute atomic E-state index is 11.9. The number of fused-ring (bicyclic) bond motifs is 6. The smallest absolute Gasteiger partial charge is 0.211 e. The third kappa shape index (κ3) is 12.6.